The lowest BCUT2D eigenvalue weighted by Crippen LogP contribution is -2.46. The molecule has 0 bridgehead atoms. The summed E-state index contributed by atoms with van der Waals surface area (Å²) in [5.41, 5.74) is 6.45. The monoisotopic (exact) mass is 337 g/mol. The van der Waals surface area contributed by atoms with Crippen LogP contribution in [0.4, 0.5) is 10.8 Å². The van der Waals surface area contributed by atoms with Crippen LogP contribution >= 0.6 is 11.3 Å². The maximum Gasteiger partial charge on any atom is 0.186 e. The Hall–Kier alpha value is -2.07. The summed E-state index contributed by atoms with van der Waals surface area (Å²) in [6.45, 7) is 10.7. The zero-order valence-electron chi connectivity index (χ0n) is 14.5. The first-order valence-electron chi connectivity index (χ1n) is 8.55. The number of nitrogens with zero attached hydrogens (tertiary/aromatic N) is 3. The Balaban J connectivity index is 1.54. The predicted molar refractivity (Wildman–Crippen MR) is 105 cm³/mol. The van der Waals surface area contributed by atoms with E-state index in [9.17, 15) is 0 Å². The molecule has 124 valence electrons. The van der Waals surface area contributed by atoms with Crippen molar-refractivity contribution in [3.05, 3.63) is 53.1 Å². The van der Waals surface area contributed by atoms with Gasteiger partial charge in [-0.3, -0.25) is 0 Å². The third-order valence-electron chi connectivity index (χ3n) is 4.85. The van der Waals surface area contributed by atoms with Gasteiger partial charge in [0.2, 0.25) is 0 Å². The summed E-state index contributed by atoms with van der Waals surface area (Å²) < 4.78 is 1.34. The molecule has 1 aliphatic rings. The first kappa shape index (κ1) is 15.5. The van der Waals surface area contributed by atoms with Crippen molar-refractivity contribution < 1.29 is 0 Å². The van der Waals surface area contributed by atoms with E-state index < -0.39 is 0 Å². The van der Waals surface area contributed by atoms with Crippen molar-refractivity contribution in [3.8, 4) is 0 Å². The third kappa shape index (κ3) is 2.75. The molecule has 0 N–H and O–H groups in total. The molecule has 0 radical (unpaired) electrons. The molecule has 1 saturated heterocycles. The van der Waals surface area contributed by atoms with Crippen molar-refractivity contribution in [2.75, 3.05) is 36.0 Å². The van der Waals surface area contributed by atoms with Crippen molar-refractivity contribution >= 4 is 32.4 Å². The number of hydrogen-bond donors (Lipinski definition) is 0. The second-order valence-electron chi connectivity index (χ2n) is 6.69. The minimum absolute atomic E-state index is 1.03. The molecule has 0 amide bonds. The summed E-state index contributed by atoms with van der Waals surface area (Å²) in [6, 6.07) is 13.2. The smallest absolute Gasteiger partial charge is 0.186 e. The minimum Gasteiger partial charge on any atom is -0.368 e. The standard InChI is InChI=1S/C20H23N3S/c1-14-5-4-6-17(13-14)22-9-11-23(12-10-22)20-21-18-15(2)7-8-16(3)19(18)24-20/h4-8,13H,9-12H2,1-3H3. The fourth-order valence-electron chi connectivity index (χ4n) is 3.36. The van der Waals surface area contributed by atoms with E-state index in [1.54, 1.807) is 0 Å². The maximum absolute atomic E-state index is 4.93. The minimum atomic E-state index is 1.03. The summed E-state index contributed by atoms with van der Waals surface area (Å²) in [5.74, 6) is 0. The van der Waals surface area contributed by atoms with Crippen molar-refractivity contribution in [2.24, 2.45) is 0 Å². The Morgan fingerprint density at radius 3 is 2.29 bits per heavy atom. The third-order valence-corrected chi connectivity index (χ3v) is 6.10. The van der Waals surface area contributed by atoms with Crippen LogP contribution in [0.15, 0.2) is 36.4 Å². The predicted octanol–water partition coefficient (Wildman–Crippen LogP) is 4.55. The molecular weight excluding hydrogens is 314 g/mol. The van der Waals surface area contributed by atoms with Gasteiger partial charge in [-0.2, -0.15) is 0 Å². The van der Waals surface area contributed by atoms with Gasteiger partial charge in [-0.05, 0) is 49.6 Å². The number of rotatable bonds is 2. The molecule has 0 aliphatic carbocycles. The molecule has 24 heavy (non-hydrogen) atoms. The van der Waals surface area contributed by atoms with E-state index in [1.807, 2.05) is 11.3 Å². The molecule has 2 heterocycles. The Bertz CT molecular complexity index is 837. The van der Waals surface area contributed by atoms with Gasteiger partial charge in [0, 0.05) is 31.9 Å². The fraction of sp³-hybridized carbons (Fsp3) is 0.350. The summed E-state index contributed by atoms with van der Waals surface area (Å²) >= 11 is 1.84. The number of fused-ring (bicyclic) bond motifs is 1. The van der Waals surface area contributed by atoms with Gasteiger partial charge in [-0.1, -0.05) is 35.6 Å². The van der Waals surface area contributed by atoms with Gasteiger partial charge in [0.1, 0.15) is 0 Å². The van der Waals surface area contributed by atoms with Crippen LogP contribution in [0.5, 0.6) is 0 Å². The lowest BCUT2D eigenvalue weighted by atomic mass is 10.1. The van der Waals surface area contributed by atoms with Gasteiger partial charge >= 0.3 is 0 Å². The highest BCUT2D eigenvalue weighted by Crippen LogP contribution is 2.33. The Morgan fingerprint density at radius 2 is 1.58 bits per heavy atom. The second kappa shape index (κ2) is 6.10. The van der Waals surface area contributed by atoms with Crippen LogP contribution in [-0.2, 0) is 0 Å². The van der Waals surface area contributed by atoms with Crippen molar-refractivity contribution in [1.82, 2.24) is 4.98 Å². The van der Waals surface area contributed by atoms with Crippen LogP contribution in [0.2, 0.25) is 0 Å². The lowest BCUT2D eigenvalue weighted by molar-refractivity contribution is 0.652. The molecule has 0 atom stereocenters. The van der Waals surface area contributed by atoms with Crippen LogP contribution in [0, 0.1) is 20.8 Å². The van der Waals surface area contributed by atoms with Gasteiger partial charge in [-0.15, -0.1) is 0 Å². The molecule has 0 unspecified atom stereocenters. The molecule has 3 aromatic rings. The topological polar surface area (TPSA) is 19.4 Å². The molecule has 0 spiro atoms. The highest BCUT2D eigenvalue weighted by molar-refractivity contribution is 7.22. The zero-order valence-corrected chi connectivity index (χ0v) is 15.4. The van der Waals surface area contributed by atoms with Crippen LogP contribution in [-0.4, -0.2) is 31.2 Å². The molecule has 3 nitrogen and oxygen atoms in total. The fourth-order valence-corrected chi connectivity index (χ4v) is 4.53. The van der Waals surface area contributed by atoms with Gasteiger partial charge in [0.25, 0.3) is 0 Å². The highest BCUT2D eigenvalue weighted by atomic mass is 32.1. The van der Waals surface area contributed by atoms with Crippen LogP contribution in [0.1, 0.15) is 16.7 Å². The van der Waals surface area contributed by atoms with E-state index in [2.05, 4.69) is 67.0 Å². The maximum atomic E-state index is 4.93. The average Bonchev–Trinajstić information content (AvgIpc) is 3.05. The molecule has 1 aromatic heterocycles. The van der Waals surface area contributed by atoms with Gasteiger partial charge in [0.05, 0.1) is 10.2 Å². The van der Waals surface area contributed by atoms with E-state index >= 15 is 0 Å². The second-order valence-corrected chi connectivity index (χ2v) is 7.66. The summed E-state index contributed by atoms with van der Waals surface area (Å²) in [5, 5.41) is 1.17. The number of aryl methyl sites for hydroxylation is 3. The van der Waals surface area contributed by atoms with E-state index in [4.69, 9.17) is 4.98 Å². The van der Waals surface area contributed by atoms with Gasteiger partial charge < -0.3 is 9.80 Å². The molecule has 1 fully saturated rings. The summed E-state index contributed by atoms with van der Waals surface area (Å²) in [4.78, 5) is 9.85. The van der Waals surface area contributed by atoms with Crippen LogP contribution in [0.3, 0.4) is 0 Å². The van der Waals surface area contributed by atoms with Crippen molar-refractivity contribution in [2.45, 2.75) is 20.8 Å². The number of benzene rings is 2. The van der Waals surface area contributed by atoms with Crippen LogP contribution < -0.4 is 9.80 Å². The number of anilines is 2. The van der Waals surface area contributed by atoms with E-state index in [0.29, 0.717) is 0 Å². The molecule has 1 aliphatic heterocycles. The van der Waals surface area contributed by atoms with E-state index in [1.165, 1.54) is 37.7 Å². The summed E-state index contributed by atoms with van der Waals surface area (Å²) in [7, 11) is 0. The average molecular weight is 337 g/mol. The molecule has 0 saturated carbocycles. The highest BCUT2D eigenvalue weighted by Gasteiger charge is 2.21. The molecular formula is C20H23N3S. The molecule has 4 heteroatoms. The Kier molecular flexibility index (Phi) is 3.93. The SMILES string of the molecule is Cc1cccc(N2CCN(c3nc4c(C)ccc(C)c4s3)CC2)c1. The number of piperazine rings is 1. The van der Waals surface area contributed by atoms with Crippen molar-refractivity contribution in [3.63, 3.8) is 0 Å². The number of thiazole rings is 1. The van der Waals surface area contributed by atoms with Gasteiger partial charge in [-0.25, -0.2) is 4.98 Å². The van der Waals surface area contributed by atoms with E-state index in [-0.39, 0.29) is 0 Å². The van der Waals surface area contributed by atoms with Crippen molar-refractivity contribution in [1.29, 1.82) is 0 Å². The largest absolute Gasteiger partial charge is 0.368 e. The molecule has 2 aromatic carbocycles. The van der Waals surface area contributed by atoms with Crippen LogP contribution in [0.25, 0.3) is 10.2 Å². The van der Waals surface area contributed by atoms with E-state index in [0.717, 1.165) is 26.2 Å². The quantitative estimate of drug-likeness (QED) is 0.684. The first-order valence-corrected chi connectivity index (χ1v) is 9.37. The lowest BCUT2D eigenvalue weighted by Gasteiger charge is -2.36. The van der Waals surface area contributed by atoms with Gasteiger partial charge in [0.15, 0.2) is 5.13 Å². The zero-order chi connectivity index (χ0) is 16.7. The Labute approximate surface area is 147 Å². The molecule has 4 rings (SSSR count). The first-order chi connectivity index (χ1) is 11.6. The Morgan fingerprint density at radius 1 is 0.875 bits per heavy atom. The number of aromatic nitrogens is 1. The number of hydrogen-bond acceptors (Lipinski definition) is 4. The summed E-state index contributed by atoms with van der Waals surface area (Å²) in [6.07, 6.45) is 0. The normalized spacial score (nSPS) is 15.3.